The van der Waals surface area contributed by atoms with E-state index in [0.29, 0.717) is 0 Å². The van der Waals surface area contributed by atoms with E-state index in [1.165, 1.54) is 27.8 Å². The summed E-state index contributed by atoms with van der Waals surface area (Å²) in [5.74, 6) is 0. The fraction of sp³-hybridized carbons (Fsp3) is 0.150. The molecule has 1 unspecified atom stereocenters. The number of para-hydroxylation sites is 1. The first kappa shape index (κ1) is 12.0. The van der Waals surface area contributed by atoms with E-state index < -0.39 is 0 Å². The smallest absolute Gasteiger partial charge is 0.0777 e. The Kier molecular flexibility index (Phi) is 2.29. The van der Waals surface area contributed by atoms with Crippen LogP contribution in [-0.4, -0.2) is 11.5 Å². The molecular formula is C20H16N2. The quantitative estimate of drug-likeness (QED) is 0.663. The van der Waals surface area contributed by atoms with Gasteiger partial charge in [0, 0.05) is 34.8 Å². The SMILES string of the molecule is C1=Cc2c(ccc3cccnc23)C2(C1)CNc1ccccc12. The topological polar surface area (TPSA) is 24.9 Å². The molecule has 22 heavy (non-hydrogen) atoms. The average molecular weight is 284 g/mol. The first-order valence-electron chi connectivity index (χ1n) is 7.77. The van der Waals surface area contributed by atoms with Crippen molar-refractivity contribution in [2.75, 3.05) is 11.9 Å². The minimum absolute atomic E-state index is 0.0480. The van der Waals surface area contributed by atoms with Gasteiger partial charge in [-0.2, -0.15) is 0 Å². The van der Waals surface area contributed by atoms with Crippen LogP contribution in [0.1, 0.15) is 23.1 Å². The van der Waals surface area contributed by atoms with Gasteiger partial charge in [0.25, 0.3) is 0 Å². The summed E-state index contributed by atoms with van der Waals surface area (Å²) in [5, 5.41) is 4.81. The Morgan fingerprint density at radius 2 is 1.91 bits per heavy atom. The van der Waals surface area contributed by atoms with Gasteiger partial charge in [-0.1, -0.05) is 48.6 Å². The second kappa shape index (κ2) is 4.20. The maximum atomic E-state index is 4.63. The molecule has 3 aromatic rings. The molecule has 1 aromatic heterocycles. The molecule has 106 valence electrons. The van der Waals surface area contributed by atoms with Gasteiger partial charge < -0.3 is 5.32 Å². The van der Waals surface area contributed by atoms with Crippen molar-refractivity contribution in [2.45, 2.75) is 11.8 Å². The summed E-state index contributed by atoms with van der Waals surface area (Å²) in [7, 11) is 0. The molecule has 0 saturated carbocycles. The number of nitrogens with zero attached hydrogens (tertiary/aromatic N) is 1. The van der Waals surface area contributed by atoms with Gasteiger partial charge in [-0.25, -0.2) is 0 Å². The molecule has 0 amide bonds. The predicted molar refractivity (Wildman–Crippen MR) is 91.1 cm³/mol. The molecule has 2 aromatic carbocycles. The van der Waals surface area contributed by atoms with Crippen molar-refractivity contribution in [3.8, 4) is 0 Å². The molecule has 5 rings (SSSR count). The fourth-order valence-electron chi connectivity index (χ4n) is 4.06. The standard InChI is InChI=1S/C20H16N2/c1-2-8-18-17(7-1)20(13-22-18)11-3-6-15-16(20)10-9-14-5-4-12-21-19(14)15/h1-10,12,22H,11,13H2. The van der Waals surface area contributed by atoms with Crippen molar-refractivity contribution in [1.29, 1.82) is 0 Å². The molecule has 2 nitrogen and oxygen atoms in total. The van der Waals surface area contributed by atoms with E-state index in [1.807, 2.05) is 12.3 Å². The van der Waals surface area contributed by atoms with Crippen LogP contribution >= 0.6 is 0 Å². The molecule has 1 aliphatic carbocycles. The Labute approximate surface area is 129 Å². The molecule has 1 spiro atoms. The Morgan fingerprint density at radius 3 is 2.91 bits per heavy atom. The van der Waals surface area contributed by atoms with Gasteiger partial charge in [0.05, 0.1) is 5.52 Å². The van der Waals surface area contributed by atoms with Gasteiger partial charge in [0.15, 0.2) is 0 Å². The summed E-state index contributed by atoms with van der Waals surface area (Å²) >= 11 is 0. The van der Waals surface area contributed by atoms with Gasteiger partial charge in [-0.15, -0.1) is 0 Å². The highest BCUT2D eigenvalue weighted by atomic mass is 14.9. The van der Waals surface area contributed by atoms with Crippen LogP contribution in [-0.2, 0) is 5.41 Å². The number of nitrogens with one attached hydrogen (secondary N) is 1. The number of allylic oxidation sites excluding steroid dienone is 1. The Balaban J connectivity index is 1.84. The monoisotopic (exact) mass is 284 g/mol. The van der Waals surface area contributed by atoms with Gasteiger partial charge >= 0.3 is 0 Å². The highest BCUT2D eigenvalue weighted by Crippen LogP contribution is 2.48. The first-order valence-corrected chi connectivity index (χ1v) is 7.77. The minimum atomic E-state index is 0.0480. The number of hydrogen-bond donors (Lipinski definition) is 1. The van der Waals surface area contributed by atoms with Crippen LogP contribution in [0.5, 0.6) is 0 Å². The first-order chi connectivity index (χ1) is 10.9. The van der Waals surface area contributed by atoms with Gasteiger partial charge in [-0.3, -0.25) is 4.98 Å². The third-order valence-electron chi connectivity index (χ3n) is 5.10. The van der Waals surface area contributed by atoms with E-state index in [-0.39, 0.29) is 5.41 Å². The van der Waals surface area contributed by atoms with Crippen molar-refractivity contribution in [2.24, 2.45) is 0 Å². The summed E-state index contributed by atoms with van der Waals surface area (Å²) in [6, 6.07) is 17.3. The lowest BCUT2D eigenvalue weighted by molar-refractivity contribution is 0.572. The number of fused-ring (bicyclic) bond motifs is 6. The zero-order valence-corrected chi connectivity index (χ0v) is 12.2. The summed E-state index contributed by atoms with van der Waals surface area (Å²) in [6.07, 6.45) is 7.48. The highest BCUT2D eigenvalue weighted by Gasteiger charge is 2.42. The van der Waals surface area contributed by atoms with E-state index >= 15 is 0 Å². The lowest BCUT2D eigenvalue weighted by Gasteiger charge is -2.33. The number of aromatic nitrogens is 1. The zero-order chi connectivity index (χ0) is 14.6. The summed E-state index contributed by atoms with van der Waals surface area (Å²) < 4.78 is 0. The Morgan fingerprint density at radius 1 is 0.955 bits per heavy atom. The third kappa shape index (κ3) is 1.42. The van der Waals surface area contributed by atoms with Crippen molar-refractivity contribution in [3.63, 3.8) is 0 Å². The summed E-state index contributed by atoms with van der Waals surface area (Å²) in [5.41, 5.74) is 6.52. The van der Waals surface area contributed by atoms with E-state index in [9.17, 15) is 0 Å². The molecule has 0 radical (unpaired) electrons. The molecule has 0 bridgehead atoms. The van der Waals surface area contributed by atoms with E-state index in [0.717, 1.165) is 18.5 Å². The molecule has 2 aliphatic rings. The van der Waals surface area contributed by atoms with Crippen LogP contribution in [0.3, 0.4) is 0 Å². The second-order valence-corrected chi connectivity index (χ2v) is 6.19. The van der Waals surface area contributed by atoms with Gasteiger partial charge in [-0.05, 0) is 29.7 Å². The van der Waals surface area contributed by atoms with Crippen molar-refractivity contribution >= 4 is 22.7 Å². The summed E-state index contributed by atoms with van der Waals surface area (Å²) in [6.45, 7) is 0.960. The molecule has 0 saturated heterocycles. The third-order valence-corrected chi connectivity index (χ3v) is 5.10. The molecule has 2 heteroatoms. The molecule has 1 atom stereocenters. The molecule has 0 fully saturated rings. The van der Waals surface area contributed by atoms with Crippen molar-refractivity contribution in [1.82, 2.24) is 4.98 Å². The minimum Gasteiger partial charge on any atom is -0.384 e. The van der Waals surface area contributed by atoms with Crippen LogP contribution in [0.15, 0.2) is 60.8 Å². The molecular weight excluding hydrogens is 268 g/mol. The number of benzene rings is 2. The maximum absolute atomic E-state index is 4.63. The van der Waals surface area contributed by atoms with E-state index in [2.05, 4.69) is 64.9 Å². The normalized spacial score (nSPS) is 21.6. The fourth-order valence-corrected chi connectivity index (χ4v) is 4.06. The Bertz CT molecular complexity index is 926. The number of anilines is 1. The van der Waals surface area contributed by atoms with Crippen molar-refractivity contribution < 1.29 is 0 Å². The van der Waals surface area contributed by atoms with Crippen LogP contribution in [0.25, 0.3) is 17.0 Å². The lowest BCUT2D eigenvalue weighted by Crippen LogP contribution is -2.32. The molecule has 1 aliphatic heterocycles. The second-order valence-electron chi connectivity index (χ2n) is 6.19. The molecule has 2 heterocycles. The van der Waals surface area contributed by atoms with Gasteiger partial charge in [0.1, 0.15) is 0 Å². The number of pyridine rings is 1. The maximum Gasteiger partial charge on any atom is 0.0777 e. The molecule has 1 N–H and O–H groups in total. The number of rotatable bonds is 0. The van der Waals surface area contributed by atoms with Gasteiger partial charge in [0.2, 0.25) is 0 Å². The zero-order valence-electron chi connectivity index (χ0n) is 12.2. The highest BCUT2D eigenvalue weighted by molar-refractivity contribution is 5.90. The van der Waals surface area contributed by atoms with E-state index in [1.54, 1.807) is 0 Å². The van der Waals surface area contributed by atoms with Crippen LogP contribution in [0.4, 0.5) is 5.69 Å². The Hall–Kier alpha value is -2.61. The van der Waals surface area contributed by atoms with Crippen LogP contribution in [0.2, 0.25) is 0 Å². The summed E-state index contributed by atoms with van der Waals surface area (Å²) in [4.78, 5) is 4.63. The average Bonchev–Trinajstić information content (AvgIpc) is 2.95. The number of hydrogen-bond acceptors (Lipinski definition) is 2. The largest absolute Gasteiger partial charge is 0.384 e. The lowest BCUT2D eigenvalue weighted by atomic mass is 9.69. The van der Waals surface area contributed by atoms with E-state index in [4.69, 9.17) is 0 Å². The van der Waals surface area contributed by atoms with Crippen molar-refractivity contribution in [3.05, 3.63) is 77.5 Å². The predicted octanol–water partition coefficient (Wildman–Crippen LogP) is 4.36. The van der Waals surface area contributed by atoms with Crippen LogP contribution in [0, 0.1) is 0 Å². The van der Waals surface area contributed by atoms with Crippen LogP contribution < -0.4 is 5.32 Å².